The summed E-state index contributed by atoms with van der Waals surface area (Å²) in [5.41, 5.74) is 1.20. The number of rotatable bonds is 9. The van der Waals surface area contributed by atoms with Crippen molar-refractivity contribution in [3.05, 3.63) is 59.7 Å². The zero-order valence-corrected chi connectivity index (χ0v) is 17.6. The monoisotopic (exact) mass is 433 g/mol. The number of nitrogens with zero attached hydrogens (tertiary/aromatic N) is 1. The molecular formula is C23H29F2N3O3. The van der Waals surface area contributed by atoms with Crippen LogP contribution in [0.2, 0.25) is 0 Å². The minimum atomic E-state index is -0.874. The molecule has 2 aromatic rings. The van der Waals surface area contributed by atoms with E-state index in [1.807, 2.05) is 0 Å². The number of amides is 1. The fourth-order valence-electron chi connectivity index (χ4n) is 3.78. The first kappa shape index (κ1) is 23.1. The standard InChI is InChI=1S/C23H29F2N3O3/c1-16(29)27-22-4-2-3-5-23(22)31-15-19(30)14-28(18-8-10-26-11-9-18)13-17-6-7-20(24)21(25)12-17/h2-7,12,18-19,26,30H,8-11,13-15H2,1H3,(H,27,29). The second kappa shape index (κ2) is 11.2. The van der Waals surface area contributed by atoms with E-state index in [9.17, 15) is 18.7 Å². The third-order valence-electron chi connectivity index (χ3n) is 5.27. The normalized spacial score (nSPS) is 15.6. The van der Waals surface area contributed by atoms with Crippen molar-refractivity contribution in [1.82, 2.24) is 10.2 Å². The minimum absolute atomic E-state index is 0.0375. The molecule has 3 N–H and O–H groups in total. The van der Waals surface area contributed by atoms with E-state index in [0.717, 1.165) is 32.0 Å². The molecule has 0 aromatic heterocycles. The van der Waals surface area contributed by atoms with Gasteiger partial charge < -0.3 is 20.5 Å². The molecule has 1 saturated heterocycles. The summed E-state index contributed by atoms with van der Waals surface area (Å²) in [7, 11) is 0. The zero-order valence-electron chi connectivity index (χ0n) is 17.6. The number of ether oxygens (including phenoxy) is 1. The van der Waals surface area contributed by atoms with Crippen molar-refractivity contribution in [2.45, 2.75) is 38.5 Å². The number of anilines is 1. The van der Waals surface area contributed by atoms with Crippen molar-refractivity contribution < 1.29 is 23.4 Å². The molecule has 3 rings (SSSR count). The van der Waals surface area contributed by atoms with Gasteiger partial charge in [0.15, 0.2) is 11.6 Å². The van der Waals surface area contributed by atoms with Gasteiger partial charge in [-0.05, 0) is 55.8 Å². The molecule has 31 heavy (non-hydrogen) atoms. The number of piperidine rings is 1. The van der Waals surface area contributed by atoms with Gasteiger partial charge in [0.2, 0.25) is 5.91 Å². The molecule has 1 unspecified atom stereocenters. The van der Waals surface area contributed by atoms with Gasteiger partial charge in [-0.3, -0.25) is 9.69 Å². The van der Waals surface area contributed by atoms with Gasteiger partial charge in [0.05, 0.1) is 5.69 Å². The molecule has 1 fully saturated rings. The van der Waals surface area contributed by atoms with E-state index in [4.69, 9.17) is 4.74 Å². The molecule has 1 atom stereocenters. The zero-order chi connectivity index (χ0) is 22.2. The molecule has 8 heteroatoms. The summed E-state index contributed by atoms with van der Waals surface area (Å²) in [4.78, 5) is 13.5. The van der Waals surface area contributed by atoms with Crippen molar-refractivity contribution in [3.8, 4) is 5.75 Å². The maximum Gasteiger partial charge on any atom is 0.221 e. The van der Waals surface area contributed by atoms with E-state index in [0.29, 0.717) is 30.1 Å². The minimum Gasteiger partial charge on any atom is -0.489 e. The van der Waals surface area contributed by atoms with Crippen LogP contribution in [0.15, 0.2) is 42.5 Å². The Morgan fingerprint density at radius 1 is 1.23 bits per heavy atom. The maximum absolute atomic E-state index is 13.7. The second-order valence-electron chi connectivity index (χ2n) is 7.80. The molecule has 1 aliphatic heterocycles. The Morgan fingerprint density at radius 3 is 2.68 bits per heavy atom. The molecule has 6 nitrogen and oxygen atoms in total. The molecule has 0 radical (unpaired) electrons. The van der Waals surface area contributed by atoms with Crippen molar-refractivity contribution in [1.29, 1.82) is 0 Å². The highest BCUT2D eigenvalue weighted by Crippen LogP contribution is 2.24. The first-order chi connectivity index (χ1) is 14.9. The average molecular weight is 433 g/mol. The number of aliphatic hydroxyl groups excluding tert-OH is 1. The van der Waals surface area contributed by atoms with E-state index in [-0.39, 0.29) is 18.6 Å². The quantitative estimate of drug-likeness (QED) is 0.567. The Kier molecular flexibility index (Phi) is 8.34. The highest BCUT2D eigenvalue weighted by atomic mass is 19.2. The Morgan fingerprint density at radius 2 is 1.97 bits per heavy atom. The number of benzene rings is 2. The molecular weight excluding hydrogens is 404 g/mol. The molecule has 0 bridgehead atoms. The third kappa shape index (κ3) is 6.99. The molecule has 0 aliphatic carbocycles. The van der Waals surface area contributed by atoms with Crippen LogP contribution in [0.3, 0.4) is 0 Å². The number of carbonyl (C=O) groups excluding carboxylic acids is 1. The number of carbonyl (C=O) groups is 1. The summed E-state index contributed by atoms with van der Waals surface area (Å²) < 4.78 is 32.7. The largest absolute Gasteiger partial charge is 0.489 e. The summed E-state index contributed by atoms with van der Waals surface area (Å²) in [6.07, 6.45) is 1.01. The van der Waals surface area contributed by atoms with E-state index in [2.05, 4.69) is 15.5 Å². The van der Waals surface area contributed by atoms with Crippen LogP contribution >= 0.6 is 0 Å². The van der Waals surface area contributed by atoms with Crippen molar-refractivity contribution in [2.75, 3.05) is 31.6 Å². The molecule has 2 aromatic carbocycles. The Hall–Kier alpha value is -2.55. The first-order valence-corrected chi connectivity index (χ1v) is 10.5. The second-order valence-corrected chi connectivity index (χ2v) is 7.80. The van der Waals surface area contributed by atoms with Gasteiger partial charge in [-0.2, -0.15) is 0 Å². The third-order valence-corrected chi connectivity index (χ3v) is 5.27. The van der Waals surface area contributed by atoms with Crippen LogP contribution in [0, 0.1) is 11.6 Å². The highest BCUT2D eigenvalue weighted by molar-refractivity contribution is 5.90. The van der Waals surface area contributed by atoms with Crippen LogP contribution < -0.4 is 15.4 Å². The van der Waals surface area contributed by atoms with Gasteiger partial charge in [0.25, 0.3) is 0 Å². The summed E-state index contributed by atoms with van der Waals surface area (Å²) in [6.45, 7) is 3.93. The predicted molar refractivity (Wildman–Crippen MR) is 115 cm³/mol. The van der Waals surface area contributed by atoms with Crippen molar-refractivity contribution >= 4 is 11.6 Å². The molecule has 1 aliphatic rings. The van der Waals surface area contributed by atoms with Gasteiger partial charge in [0, 0.05) is 26.1 Å². The maximum atomic E-state index is 13.7. The summed E-state index contributed by atoms with van der Waals surface area (Å²) in [5, 5.41) is 16.7. The van der Waals surface area contributed by atoms with E-state index in [1.165, 1.54) is 13.0 Å². The Balaban J connectivity index is 1.64. The average Bonchev–Trinajstić information content (AvgIpc) is 2.75. The van der Waals surface area contributed by atoms with E-state index < -0.39 is 17.7 Å². The molecule has 0 saturated carbocycles. The molecule has 1 amide bonds. The van der Waals surface area contributed by atoms with E-state index in [1.54, 1.807) is 30.3 Å². The Bertz CT molecular complexity index is 875. The number of para-hydroxylation sites is 2. The lowest BCUT2D eigenvalue weighted by molar-refractivity contribution is -0.114. The lowest BCUT2D eigenvalue weighted by Crippen LogP contribution is -2.46. The molecule has 0 spiro atoms. The fourth-order valence-corrected chi connectivity index (χ4v) is 3.78. The van der Waals surface area contributed by atoms with Crippen LogP contribution in [0.5, 0.6) is 5.75 Å². The van der Waals surface area contributed by atoms with Gasteiger partial charge in [0.1, 0.15) is 18.5 Å². The summed E-state index contributed by atoms with van der Waals surface area (Å²) >= 11 is 0. The number of hydrogen-bond acceptors (Lipinski definition) is 5. The van der Waals surface area contributed by atoms with Crippen molar-refractivity contribution in [2.24, 2.45) is 0 Å². The predicted octanol–water partition coefficient (Wildman–Crippen LogP) is 2.92. The smallest absolute Gasteiger partial charge is 0.221 e. The van der Waals surface area contributed by atoms with E-state index >= 15 is 0 Å². The van der Waals surface area contributed by atoms with Gasteiger partial charge in [-0.1, -0.05) is 18.2 Å². The number of aliphatic hydroxyl groups is 1. The van der Waals surface area contributed by atoms with Gasteiger partial charge in [-0.25, -0.2) is 8.78 Å². The SMILES string of the molecule is CC(=O)Nc1ccccc1OCC(O)CN(Cc1ccc(F)c(F)c1)C1CCNCC1. The van der Waals surface area contributed by atoms with Crippen LogP contribution in [0.4, 0.5) is 14.5 Å². The lowest BCUT2D eigenvalue weighted by atomic mass is 10.0. The van der Waals surface area contributed by atoms with Crippen molar-refractivity contribution in [3.63, 3.8) is 0 Å². The van der Waals surface area contributed by atoms with Crippen LogP contribution in [-0.2, 0) is 11.3 Å². The first-order valence-electron chi connectivity index (χ1n) is 10.5. The highest BCUT2D eigenvalue weighted by Gasteiger charge is 2.24. The topological polar surface area (TPSA) is 73.8 Å². The summed E-state index contributed by atoms with van der Waals surface area (Å²) in [5.74, 6) is -1.48. The number of nitrogens with one attached hydrogen (secondary N) is 2. The molecule has 168 valence electrons. The number of halogens is 2. The van der Waals surface area contributed by atoms with Gasteiger partial charge >= 0.3 is 0 Å². The fraction of sp³-hybridized carbons (Fsp3) is 0.435. The van der Waals surface area contributed by atoms with Gasteiger partial charge in [-0.15, -0.1) is 0 Å². The van der Waals surface area contributed by atoms with Crippen LogP contribution in [0.25, 0.3) is 0 Å². The molecule has 1 heterocycles. The Labute approximate surface area is 181 Å². The van der Waals surface area contributed by atoms with Crippen LogP contribution in [0.1, 0.15) is 25.3 Å². The number of hydrogen-bond donors (Lipinski definition) is 3. The summed E-state index contributed by atoms with van der Waals surface area (Å²) in [6, 6.07) is 11.2. The lowest BCUT2D eigenvalue weighted by Gasteiger charge is -2.36. The van der Waals surface area contributed by atoms with Crippen LogP contribution in [-0.4, -0.2) is 54.3 Å².